The molecule has 0 spiro atoms. The number of aliphatic hydroxyl groups excluding tert-OH is 1. The summed E-state index contributed by atoms with van der Waals surface area (Å²) in [7, 11) is 0. The van der Waals surface area contributed by atoms with Crippen LogP contribution >= 0.6 is 0 Å². The van der Waals surface area contributed by atoms with Crippen molar-refractivity contribution in [2.24, 2.45) is 0 Å². The molecule has 0 aliphatic carbocycles. The maximum absolute atomic E-state index is 9.29. The van der Waals surface area contributed by atoms with E-state index in [1.807, 2.05) is 24.4 Å². The van der Waals surface area contributed by atoms with Gasteiger partial charge in [-0.15, -0.1) is 0 Å². The Balaban J connectivity index is 1.80. The van der Waals surface area contributed by atoms with E-state index in [-0.39, 0.29) is 18.8 Å². The predicted octanol–water partition coefficient (Wildman–Crippen LogP) is 0.928. The average Bonchev–Trinajstić information content (AvgIpc) is 2.80. The van der Waals surface area contributed by atoms with Crippen LogP contribution in [0, 0.1) is 13.8 Å². The van der Waals surface area contributed by atoms with Gasteiger partial charge in [0.1, 0.15) is 0 Å². The van der Waals surface area contributed by atoms with Crippen LogP contribution in [0.3, 0.4) is 0 Å². The largest absolute Gasteiger partial charge is 0.394 e. The number of fused-ring (bicyclic) bond motifs is 1. The van der Waals surface area contributed by atoms with Crippen LogP contribution in [0.5, 0.6) is 0 Å². The second-order valence-electron chi connectivity index (χ2n) is 5.89. The molecule has 3 heterocycles. The molecule has 1 saturated heterocycles. The molecule has 1 N–H and O–H groups in total. The molecular weight excluding hydrogens is 268 g/mol. The molecule has 0 radical (unpaired) electrons. The summed E-state index contributed by atoms with van der Waals surface area (Å²) in [5.41, 5.74) is 3.12. The lowest BCUT2D eigenvalue weighted by molar-refractivity contribution is -0.0974. The summed E-state index contributed by atoms with van der Waals surface area (Å²) < 4.78 is 7.69. The van der Waals surface area contributed by atoms with E-state index < -0.39 is 0 Å². The van der Waals surface area contributed by atoms with Crippen LogP contribution in [0.15, 0.2) is 12.3 Å². The highest BCUT2D eigenvalue weighted by Crippen LogP contribution is 2.15. The number of ether oxygens (including phenoxy) is 1. The summed E-state index contributed by atoms with van der Waals surface area (Å²) in [5.74, 6) is 0.752. The summed E-state index contributed by atoms with van der Waals surface area (Å²) >= 11 is 0. The first kappa shape index (κ1) is 14.4. The number of imidazole rings is 1. The zero-order valence-electron chi connectivity index (χ0n) is 12.8. The Morgan fingerprint density at radius 3 is 2.90 bits per heavy atom. The molecule has 21 heavy (non-hydrogen) atoms. The Morgan fingerprint density at radius 2 is 2.14 bits per heavy atom. The van der Waals surface area contributed by atoms with Gasteiger partial charge in [0.15, 0.2) is 0 Å². The Hall–Kier alpha value is -1.50. The number of nitrogens with zero attached hydrogens (tertiary/aromatic N) is 4. The zero-order valence-corrected chi connectivity index (χ0v) is 12.8. The van der Waals surface area contributed by atoms with Crippen molar-refractivity contribution in [3.63, 3.8) is 0 Å². The van der Waals surface area contributed by atoms with Crippen molar-refractivity contribution in [2.75, 3.05) is 19.7 Å². The van der Waals surface area contributed by atoms with Gasteiger partial charge < -0.3 is 9.84 Å². The topological polar surface area (TPSA) is 62.9 Å². The lowest BCUT2D eigenvalue weighted by atomic mass is 10.2. The number of hydrogen-bond acceptors (Lipinski definition) is 5. The van der Waals surface area contributed by atoms with Crippen LogP contribution in [0.2, 0.25) is 0 Å². The van der Waals surface area contributed by atoms with Gasteiger partial charge in [0.05, 0.1) is 24.5 Å². The quantitative estimate of drug-likeness (QED) is 0.911. The average molecular weight is 290 g/mol. The van der Waals surface area contributed by atoms with E-state index in [0.717, 1.165) is 42.5 Å². The minimum absolute atomic E-state index is 0.0614. The second-order valence-corrected chi connectivity index (χ2v) is 5.89. The van der Waals surface area contributed by atoms with Crippen molar-refractivity contribution < 1.29 is 9.84 Å². The summed E-state index contributed by atoms with van der Waals surface area (Å²) in [5, 5.41) is 9.29. The third-order valence-electron chi connectivity index (χ3n) is 3.80. The van der Waals surface area contributed by atoms with E-state index in [9.17, 15) is 5.11 Å². The molecule has 114 valence electrons. The highest BCUT2D eigenvalue weighted by molar-refractivity contribution is 5.34. The highest BCUT2D eigenvalue weighted by Gasteiger charge is 2.25. The van der Waals surface area contributed by atoms with Crippen molar-refractivity contribution >= 4 is 5.78 Å². The standard InChI is InChI=1S/C15H22N4O2/c1-10-4-11(2)19-7-13(17-15(19)16-10)6-18-5-12(3)21-14(8-18)9-20/h4,7,12,14,20H,5-6,8-9H2,1-3H3. The van der Waals surface area contributed by atoms with Crippen LogP contribution in [-0.2, 0) is 11.3 Å². The molecule has 2 aromatic rings. The van der Waals surface area contributed by atoms with Crippen molar-refractivity contribution in [3.8, 4) is 0 Å². The Kier molecular flexibility index (Phi) is 3.93. The Labute approximate surface area is 124 Å². The number of hydrogen-bond donors (Lipinski definition) is 1. The van der Waals surface area contributed by atoms with E-state index in [1.54, 1.807) is 0 Å². The summed E-state index contributed by atoms with van der Waals surface area (Å²) in [4.78, 5) is 11.4. The first-order chi connectivity index (χ1) is 10.0. The van der Waals surface area contributed by atoms with Gasteiger partial charge in [-0.25, -0.2) is 9.97 Å². The van der Waals surface area contributed by atoms with Gasteiger partial charge in [-0.05, 0) is 26.8 Å². The second kappa shape index (κ2) is 5.71. The number of morpholine rings is 1. The smallest absolute Gasteiger partial charge is 0.234 e. The fraction of sp³-hybridized carbons (Fsp3) is 0.600. The van der Waals surface area contributed by atoms with Crippen molar-refractivity contribution in [1.29, 1.82) is 0 Å². The van der Waals surface area contributed by atoms with Gasteiger partial charge in [0.25, 0.3) is 0 Å². The third kappa shape index (κ3) is 3.07. The van der Waals surface area contributed by atoms with Crippen LogP contribution in [0.1, 0.15) is 24.0 Å². The van der Waals surface area contributed by atoms with E-state index in [2.05, 4.69) is 27.9 Å². The van der Waals surface area contributed by atoms with Gasteiger partial charge in [0.2, 0.25) is 5.78 Å². The molecule has 0 amide bonds. The van der Waals surface area contributed by atoms with Crippen molar-refractivity contribution in [2.45, 2.75) is 39.5 Å². The van der Waals surface area contributed by atoms with E-state index in [1.165, 1.54) is 0 Å². The van der Waals surface area contributed by atoms with Gasteiger partial charge in [-0.1, -0.05) is 0 Å². The molecule has 6 nitrogen and oxygen atoms in total. The SMILES string of the molecule is Cc1cc(C)n2cc(CN3CC(C)OC(CO)C3)nc2n1. The van der Waals surface area contributed by atoms with E-state index in [0.29, 0.717) is 0 Å². The van der Waals surface area contributed by atoms with E-state index in [4.69, 9.17) is 4.74 Å². The van der Waals surface area contributed by atoms with Crippen LogP contribution in [0.4, 0.5) is 0 Å². The van der Waals surface area contributed by atoms with Crippen LogP contribution < -0.4 is 0 Å². The molecule has 2 aromatic heterocycles. The van der Waals surface area contributed by atoms with Gasteiger partial charge >= 0.3 is 0 Å². The molecule has 3 rings (SSSR count). The maximum atomic E-state index is 9.29. The third-order valence-corrected chi connectivity index (χ3v) is 3.80. The molecule has 6 heteroatoms. The number of rotatable bonds is 3. The first-order valence-electron chi connectivity index (χ1n) is 7.36. The molecule has 2 unspecified atom stereocenters. The number of aliphatic hydroxyl groups is 1. The van der Waals surface area contributed by atoms with Crippen molar-refractivity contribution in [1.82, 2.24) is 19.3 Å². The molecular formula is C15H22N4O2. The Morgan fingerprint density at radius 1 is 1.33 bits per heavy atom. The lowest BCUT2D eigenvalue weighted by Gasteiger charge is -2.35. The van der Waals surface area contributed by atoms with Gasteiger partial charge in [-0.3, -0.25) is 9.30 Å². The molecule has 1 fully saturated rings. The fourth-order valence-corrected chi connectivity index (χ4v) is 2.99. The minimum Gasteiger partial charge on any atom is -0.394 e. The molecule has 1 aliphatic rings. The highest BCUT2D eigenvalue weighted by atomic mass is 16.5. The van der Waals surface area contributed by atoms with E-state index >= 15 is 0 Å². The van der Waals surface area contributed by atoms with Gasteiger partial charge in [0, 0.05) is 37.2 Å². The van der Waals surface area contributed by atoms with Crippen LogP contribution in [-0.4, -0.2) is 56.3 Å². The maximum Gasteiger partial charge on any atom is 0.234 e. The number of aryl methyl sites for hydroxylation is 2. The molecule has 1 aliphatic heterocycles. The van der Waals surface area contributed by atoms with Crippen LogP contribution in [0.25, 0.3) is 5.78 Å². The summed E-state index contributed by atoms with van der Waals surface area (Å²) in [6.07, 6.45) is 2.08. The minimum atomic E-state index is -0.104. The monoisotopic (exact) mass is 290 g/mol. The molecule has 0 saturated carbocycles. The molecule has 0 aromatic carbocycles. The normalized spacial score (nSPS) is 23.8. The fourth-order valence-electron chi connectivity index (χ4n) is 2.99. The van der Waals surface area contributed by atoms with Crippen molar-refractivity contribution in [3.05, 3.63) is 29.3 Å². The first-order valence-corrected chi connectivity index (χ1v) is 7.36. The summed E-state index contributed by atoms with van der Waals surface area (Å²) in [6.45, 7) is 8.49. The molecule has 2 atom stereocenters. The lowest BCUT2D eigenvalue weighted by Crippen LogP contribution is -2.47. The Bertz CT molecular complexity index is 640. The molecule has 0 bridgehead atoms. The predicted molar refractivity (Wildman–Crippen MR) is 79.2 cm³/mol. The zero-order chi connectivity index (χ0) is 15.0. The summed E-state index contributed by atoms with van der Waals surface area (Å²) in [6, 6.07) is 2.05. The number of aromatic nitrogens is 3. The van der Waals surface area contributed by atoms with Gasteiger partial charge in [-0.2, -0.15) is 0 Å².